The minimum Gasteiger partial charge on any atom is -0.454 e. The number of carbonyl (C=O) groups is 1. The number of likely N-dealkylation sites (tertiary alicyclic amines) is 1. The number of thiazole rings is 1. The Bertz CT molecular complexity index is 794. The van der Waals surface area contributed by atoms with Gasteiger partial charge in [0.1, 0.15) is 10.7 Å². The van der Waals surface area contributed by atoms with Crippen LogP contribution in [0.3, 0.4) is 0 Å². The van der Waals surface area contributed by atoms with E-state index < -0.39 is 0 Å². The average Bonchev–Trinajstić information content (AvgIpc) is 3.35. The first kappa shape index (κ1) is 14.2. The number of rotatable bonds is 2. The van der Waals surface area contributed by atoms with Gasteiger partial charge in [-0.1, -0.05) is 0 Å². The van der Waals surface area contributed by atoms with Crippen LogP contribution in [0.2, 0.25) is 0 Å². The fourth-order valence-corrected chi connectivity index (χ4v) is 4.51. The number of amides is 1. The van der Waals surface area contributed by atoms with E-state index in [-0.39, 0.29) is 12.7 Å². The maximum Gasteiger partial charge on any atom is 0.273 e. The minimum absolute atomic E-state index is 0.0487. The molecule has 0 unspecified atom stereocenters. The van der Waals surface area contributed by atoms with E-state index in [2.05, 4.69) is 10.3 Å². The zero-order chi connectivity index (χ0) is 16.1. The first-order valence-electron chi connectivity index (χ1n) is 8.13. The quantitative estimate of drug-likeness (QED) is 0.901. The Morgan fingerprint density at radius 3 is 2.83 bits per heavy atom. The normalized spacial score (nSPS) is 24.4. The molecule has 24 heavy (non-hydrogen) atoms. The predicted molar refractivity (Wildman–Crippen MR) is 89.4 cm³/mol. The summed E-state index contributed by atoms with van der Waals surface area (Å²) in [6.45, 7) is 3.98. The Morgan fingerprint density at radius 2 is 2.00 bits per heavy atom. The molecule has 0 radical (unpaired) electrons. The number of fused-ring (bicyclic) bond motifs is 2. The lowest BCUT2D eigenvalue weighted by molar-refractivity contribution is 0.0777. The van der Waals surface area contributed by atoms with Crippen molar-refractivity contribution in [1.82, 2.24) is 15.2 Å². The van der Waals surface area contributed by atoms with Crippen LogP contribution in [-0.2, 0) is 0 Å². The Hall–Kier alpha value is -2.12. The maximum absolute atomic E-state index is 12.7. The van der Waals surface area contributed by atoms with Gasteiger partial charge in [-0.15, -0.1) is 11.3 Å². The van der Waals surface area contributed by atoms with E-state index in [9.17, 15) is 4.79 Å². The largest absolute Gasteiger partial charge is 0.454 e. The average molecular weight is 343 g/mol. The number of ether oxygens (including phenoxy) is 2. The molecule has 1 amide bonds. The van der Waals surface area contributed by atoms with Crippen molar-refractivity contribution in [2.24, 2.45) is 11.8 Å². The second-order valence-electron chi connectivity index (χ2n) is 6.49. The number of nitrogens with one attached hydrogen (secondary N) is 1. The predicted octanol–water partition coefficient (Wildman–Crippen LogP) is 1.83. The van der Waals surface area contributed by atoms with Crippen molar-refractivity contribution < 1.29 is 14.3 Å². The lowest BCUT2D eigenvalue weighted by Gasteiger charge is -2.15. The fraction of sp³-hybridized carbons (Fsp3) is 0.412. The molecule has 2 aromatic rings. The highest BCUT2D eigenvalue weighted by atomic mass is 32.1. The van der Waals surface area contributed by atoms with Crippen molar-refractivity contribution >= 4 is 17.2 Å². The summed E-state index contributed by atoms with van der Waals surface area (Å²) < 4.78 is 10.7. The molecule has 6 nitrogen and oxygen atoms in total. The number of nitrogens with zero attached hydrogens (tertiary/aromatic N) is 2. The van der Waals surface area contributed by atoms with Crippen molar-refractivity contribution in [2.75, 3.05) is 33.0 Å². The second-order valence-corrected chi connectivity index (χ2v) is 7.35. The van der Waals surface area contributed by atoms with Gasteiger partial charge in [-0.2, -0.15) is 0 Å². The number of hydrogen-bond donors (Lipinski definition) is 1. The third-order valence-electron chi connectivity index (χ3n) is 5.02. The Labute approximate surface area is 143 Å². The number of hydrogen-bond acceptors (Lipinski definition) is 6. The van der Waals surface area contributed by atoms with Gasteiger partial charge in [-0.25, -0.2) is 4.98 Å². The summed E-state index contributed by atoms with van der Waals surface area (Å²) in [6.07, 6.45) is 0. The molecule has 1 aromatic heterocycles. The molecule has 7 heteroatoms. The van der Waals surface area contributed by atoms with Gasteiger partial charge in [-0.3, -0.25) is 4.79 Å². The minimum atomic E-state index is 0.0487. The van der Waals surface area contributed by atoms with E-state index >= 15 is 0 Å². The van der Waals surface area contributed by atoms with Gasteiger partial charge in [-0.05, 0) is 30.0 Å². The van der Waals surface area contributed by atoms with Crippen LogP contribution in [0.25, 0.3) is 10.6 Å². The molecular weight excluding hydrogens is 326 g/mol. The smallest absolute Gasteiger partial charge is 0.273 e. The van der Waals surface area contributed by atoms with Crippen LogP contribution in [0.5, 0.6) is 11.5 Å². The van der Waals surface area contributed by atoms with E-state index in [1.54, 1.807) is 0 Å². The summed E-state index contributed by atoms with van der Waals surface area (Å²) in [4.78, 5) is 19.2. The van der Waals surface area contributed by atoms with Crippen LogP contribution >= 0.6 is 11.3 Å². The molecule has 1 N–H and O–H groups in total. The number of carbonyl (C=O) groups excluding carboxylic acids is 1. The van der Waals surface area contributed by atoms with Crippen molar-refractivity contribution in [2.45, 2.75) is 0 Å². The highest BCUT2D eigenvalue weighted by molar-refractivity contribution is 7.13. The molecule has 0 aliphatic carbocycles. The SMILES string of the molecule is O=C(c1csc(-c2ccc3c(c2)OCO3)n1)N1C[C@H]2CNC[C@H]2C1. The van der Waals surface area contributed by atoms with Crippen LogP contribution in [0.1, 0.15) is 10.5 Å². The third-order valence-corrected chi connectivity index (χ3v) is 5.91. The monoisotopic (exact) mass is 343 g/mol. The molecule has 1 aromatic carbocycles. The van der Waals surface area contributed by atoms with Gasteiger partial charge < -0.3 is 19.7 Å². The van der Waals surface area contributed by atoms with E-state index in [1.807, 2.05) is 28.5 Å². The molecule has 4 heterocycles. The van der Waals surface area contributed by atoms with Gasteiger partial charge in [0.05, 0.1) is 0 Å². The summed E-state index contributed by atoms with van der Waals surface area (Å²) in [5.74, 6) is 2.73. The van der Waals surface area contributed by atoms with Crippen molar-refractivity contribution in [3.8, 4) is 22.1 Å². The van der Waals surface area contributed by atoms with Gasteiger partial charge in [0.2, 0.25) is 6.79 Å². The summed E-state index contributed by atoms with van der Waals surface area (Å²) in [5, 5.41) is 6.08. The molecule has 3 aliphatic heterocycles. The van der Waals surface area contributed by atoms with Crippen molar-refractivity contribution in [3.63, 3.8) is 0 Å². The molecule has 0 saturated carbocycles. The second kappa shape index (κ2) is 5.46. The van der Waals surface area contributed by atoms with Gasteiger partial charge >= 0.3 is 0 Å². The van der Waals surface area contributed by atoms with Crippen LogP contribution in [-0.4, -0.2) is 48.8 Å². The van der Waals surface area contributed by atoms with Gasteiger partial charge in [0.25, 0.3) is 5.91 Å². The summed E-state index contributed by atoms with van der Waals surface area (Å²) >= 11 is 1.49. The fourth-order valence-electron chi connectivity index (χ4n) is 3.72. The zero-order valence-electron chi connectivity index (χ0n) is 13.0. The summed E-state index contributed by atoms with van der Waals surface area (Å²) in [6, 6.07) is 5.75. The van der Waals surface area contributed by atoms with E-state index in [0.29, 0.717) is 17.5 Å². The van der Waals surface area contributed by atoms with Crippen molar-refractivity contribution in [1.29, 1.82) is 0 Å². The number of aromatic nitrogens is 1. The summed E-state index contributed by atoms with van der Waals surface area (Å²) in [7, 11) is 0. The molecule has 0 spiro atoms. The molecule has 0 bridgehead atoms. The molecule has 2 saturated heterocycles. The molecule has 2 fully saturated rings. The molecule has 5 rings (SSSR count). The standard InChI is InChI=1S/C17H17N3O3S/c21-17(20-6-11-4-18-5-12(11)7-20)13-8-24-16(19-13)10-1-2-14-15(3-10)23-9-22-14/h1-3,8,11-12,18H,4-7,9H2/t11-,12+. The lowest BCUT2D eigenvalue weighted by Crippen LogP contribution is -2.32. The highest BCUT2D eigenvalue weighted by Crippen LogP contribution is 2.37. The highest BCUT2D eigenvalue weighted by Gasteiger charge is 2.38. The molecule has 2 atom stereocenters. The van der Waals surface area contributed by atoms with E-state index in [4.69, 9.17) is 9.47 Å². The molecular formula is C17H17N3O3S. The van der Waals surface area contributed by atoms with E-state index in [0.717, 1.165) is 48.2 Å². The van der Waals surface area contributed by atoms with Crippen LogP contribution in [0.15, 0.2) is 23.6 Å². The van der Waals surface area contributed by atoms with Gasteiger partial charge in [0, 0.05) is 37.1 Å². The maximum atomic E-state index is 12.7. The van der Waals surface area contributed by atoms with Crippen LogP contribution in [0, 0.1) is 11.8 Å². The third kappa shape index (κ3) is 2.27. The van der Waals surface area contributed by atoms with Crippen molar-refractivity contribution in [3.05, 3.63) is 29.3 Å². The van der Waals surface area contributed by atoms with Gasteiger partial charge in [0.15, 0.2) is 11.5 Å². The first-order valence-corrected chi connectivity index (χ1v) is 9.01. The zero-order valence-corrected chi connectivity index (χ0v) is 13.8. The van der Waals surface area contributed by atoms with Crippen LogP contribution in [0.4, 0.5) is 0 Å². The Morgan fingerprint density at radius 1 is 1.21 bits per heavy atom. The topological polar surface area (TPSA) is 63.7 Å². The van der Waals surface area contributed by atoms with Crippen LogP contribution < -0.4 is 14.8 Å². The molecule has 3 aliphatic rings. The Kier molecular flexibility index (Phi) is 3.24. The number of benzene rings is 1. The Balaban J connectivity index is 1.36. The lowest BCUT2D eigenvalue weighted by atomic mass is 10.0. The summed E-state index contributed by atoms with van der Waals surface area (Å²) in [5.41, 5.74) is 1.49. The molecule has 124 valence electrons. The van der Waals surface area contributed by atoms with E-state index in [1.165, 1.54) is 11.3 Å². The first-order chi connectivity index (χ1) is 11.8.